The number of aromatic nitrogens is 2. The number of esters is 1. The summed E-state index contributed by atoms with van der Waals surface area (Å²) in [5.74, 6) is 0.548. The van der Waals surface area contributed by atoms with Crippen molar-refractivity contribution in [3.8, 4) is 0 Å². The maximum atomic E-state index is 11.8. The monoisotopic (exact) mass is 246 g/mol. The number of hydrogen-bond acceptors (Lipinski definition) is 3. The standard InChI is InChI=1S/C14H18N2O2/c1-14(2,3)8-12-15-9-10-6-5-7-11(16(10)12)13(17)18-4/h5-7,9H,8H2,1-4H3. The maximum absolute atomic E-state index is 11.8. The minimum Gasteiger partial charge on any atom is -0.464 e. The summed E-state index contributed by atoms with van der Waals surface area (Å²) in [4.78, 5) is 16.2. The van der Waals surface area contributed by atoms with Gasteiger partial charge in [0.25, 0.3) is 0 Å². The topological polar surface area (TPSA) is 43.6 Å². The minimum atomic E-state index is -0.339. The van der Waals surface area contributed by atoms with Crippen molar-refractivity contribution in [1.29, 1.82) is 0 Å². The highest BCUT2D eigenvalue weighted by Gasteiger charge is 2.18. The smallest absolute Gasteiger partial charge is 0.355 e. The molecule has 0 bridgehead atoms. The molecule has 2 aromatic rings. The van der Waals surface area contributed by atoms with Gasteiger partial charge < -0.3 is 4.74 Å². The predicted octanol–water partition coefficient (Wildman–Crippen LogP) is 2.71. The fraction of sp³-hybridized carbons (Fsp3) is 0.429. The second kappa shape index (κ2) is 4.44. The van der Waals surface area contributed by atoms with Crippen LogP contribution in [0.5, 0.6) is 0 Å². The molecule has 0 aromatic carbocycles. The molecule has 0 aliphatic rings. The Balaban J connectivity index is 2.59. The molecule has 0 N–H and O–H groups in total. The molecule has 0 fully saturated rings. The Bertz CT molecular complexity index is 579. The number of imidazole rings is 1. The molecule has 4 heteroatoms. The Morgan fingerprint density at radius 3 is 2.72 bits per heavy atom. The van der Waals surface area contributed by atoms with E-state index in [0.29, 0.717) is 5.69 Å². The van der Waals surface area contributed by atoms with E-state index < -0.39 is 0 Å². The number of pyridine rings is 1. The van der Waals surface area contributed by atoms with E-state index in [0.717, 1.165) is 17.8 Å². The first kappa shape index (κ1) is 12.6. The molecular formula is C14H18N2O2. The van der Waals surface area contributed by atoms with Gasteiger partial charge in [-0.3, -0.25) is 4.40 Å². The average molecular weight is 246 g/mol. The van der Waals surface area contributed by atoms with Gasteiger partial charge in [0.2, 0.25) is 0 Å². The van der Waals surface area contributed by atoms with Crippen LogP contribution in [0.4, 0.5) is 0 Å². The molecular weight excluding hydrogens is 228 g/mol. The second-order valence-corrected chi connectivity index (χ2v) is 5.57. The number of rotatable bonds is 2. The fourth-order valence-electron chi connectivity index (χ4n) is 1.98. The van der Waals surface area contributed by atoms with E-state index in [1.165, 1.54) is 7.11 Å². The van der Waals surface area contributed by atoms with E-state index in [-0.39, 0.29) is 11.4 Å². The van der Waals surface area contributed by atoms with Crippen molar-refractivity contribution in [2.45, 2.75) is 27.2 Å². The zero-order valence-corrected chi connectivity index (χ0v) is 11.2. The van der Waals surface area contributed by atoms with Crippen molar-refractivity contribution in [1.82, 2.24) is 9.38 Å². The lowest BCUT2D eigenvalue weighted by atomic mass is 9.92. The molecule has 0 aliphatic carbocycles. The molecule has 0 saturated heterocycles. The molecule has 96 valence electrons. The van der Waals surface area contributed by atoms with Gasteiger partial charge in [-0.25, -0.2) is 9.78 Å². The first-order chi connectivity index (χ1) is 8.42. The maximum Gasteiger partial charge on any atom is 0.355 e. The van der Waals surface area contributed by atoms with Crippen LogP contribution in [0.15, 0.2) is 24.4 Å². The highest BCUT2D eigenvalue weighted by molar-refractivity contribution is 5.88. The van der Waals surface area contributed by atoms with Crippen molar-refractivity contribution < 1.29 is 9.53 Å². The van der Waals surface area contributed by atoms with Gasteiger partial charge >= 0.3 is 5.97 Å². The van der Waals surface area contributed by atoms with Gasteiger partial charge in [-0.2, -0.15) is 0 Å². The lowest BCUT2D eigenvalue weighted by molar-refractivity contribution is 0.0591. The van der Waals surface area contributed by atoms with E-state index in [1.807, 2.05) is 16.5 Å². The first-order valence-corrected chi connectivity index (χ1v) is 5.96. The Hall–Kier alpha value is -1.84. The van der Waals surface area contributed by atoms with Crippen molar-refractivity contribution in [3.63, 3.8) is 0 Å². The van der Waals surface area contributed by atoms with Crippen LogP contribution in [0, 0.1) is 5.41 Å². The van der Waals surface area contributed by atoms with E-state index in [4.69, 9.17) is 4.74 Å². The van der Waals surface area contributed by atoms with E-state index in [9.17, 15) is 4.79 Å². The van der Waals surface area contributed by atoms with Crippen LogP contribution in [-0.4, -0.2) is 22.5 Å². The van der Waals surface area contributed by atoms with Gasteiger partial charge in [-0.1, -0.05) is 26.8 Å². The second-order valence-electron chi connectivity index (χ2n) is 5.57. The Morgan fingerprint density at radius 2 is 2.11 bits per heavy atom. The van der Waals surface area contributed by atoms with E-state index >= 15 is 0 Å². The molecule has 0 aliphatic heterocycles. The average Bonchev–Trinajstić information content (AvgIpc) is 2.69. The minimum absolute atomic E-state index is 0.116. The first-order valence-electron chi connectivity index (χ1n) is 5.96. The third-order valence-corrected chi connectivity index (χ3v) is 2.71. The Labute approximate surface area is 107 Å². The SMILES string of the molecule is COC(=O)c1cccc2cnc(CC(C)(C)C)n12. The van der Waals surface area contributed by atoms with E-state index in [1.54, 1.807) is 12.3 Å². The number of ether oxygens (including phenoxy) is 1. The molecule has 2 heterocycles. The van der Waals surface area contributed by atoms with Crippen molar-refractivity contribution >= 4 is 11.5 Å². The summed E-state index contributed by atoms with van der Waals surface area (Å²) < 4.78 is 6.68. The normalized spacial score (nSPS) is 11.8. The lowest BCUT2D eigenvalue weighted by Crippen LogP contribution is -2.15. The van der Waals surface area contributed by atoms with Crippen LogP contribution >= 0.6 is 0 Å². The van der Waals surface area contributed by atoms with Crippen LogP contribution in [-0.2, 0) is 11.2 Å². The van der Waals surface area contributed by atoms with Crippen LogP contribution < -0.4 is 0 Å². The molecule has 2 rings (SSSR count). The highest BCUT2D eigenvalue weighted by atomic mass is 16.5. The summed E-state index contributed by atoms with van der Waals surface area (Å²) in [6.45, 7) is 6.44. The zero-order valence-electron chi connectivity index (χ0n) is 11.2. The summed E-state index contributed by atoms with van der Waals surface area (Å²) in [5, 5.41) is 0. The van der Waals surface area contributed by atoms with E-state index in [2.05, 4.69) is 25.8 Å². The summed E-state index contributed by atoms with van der Waals surface area (Å²) >= 11 is 0. The quantitative estimate of drug-likeness (QED) is 0.765. The number of fused-ring (bicyclic) bond motifs is 1. The number of carbonyl (C=O) groups excluding carboxylic acids is 1. The summed E-state index contributed by atoms with van der Waals surface area (Å²) in [6.07, 6.45) is 2.59. The van der Waals surface area contributed by atoms with Crippen LogP contribution in [0.2, 0.25) is 0 Å². The third-order valence-electron chi connectivity index (χ3n) is 2.71. The van der Waals surface area contributed by atoms with Crippen LogP contribution in [0.3, 0.4) is 0 Å². The summed E-state index contributed by atoms with van der Waals surface area (Å²) in [7, 11) is 1.39. The molecule has 2 aromatic heterocycles. The van der Waals surface area contributed by atoms with Crippen molar-refractivity contribution in [2.24, 2.45) is 5.41 Å². The summed E-state index contributed by atoms with van der Waals surface area (Å²) in [6, 6.07) is 5.53. The molecule has 0 atom stereocenters. The largest absolute Gasteiger partial charge is 0.464 e. The van der Waals surface area contributed by atoms with Gasteiger partial charge in [0.1, 0.15) is 11.5 Å². The van der Waals surface area contributed by atoms with Crippen LogP contribution in [0.1, 0.15) is 37.1 Å². The number of carbonyl (C=O) groups is 1. The Kier molecular flexibility index (Phi) is 3.11. The molecule has 4 nitrogen and oxygen atoms in total. The third kappa shape index (κ3) is 2.37. The molecule has 0 radical (unpaired) electrons. The predicted molar refractivity (Wildman–Crippen MR) is 69.7 cm³/mol. The number of hydrogen-bond donors (Lipinski definition) is 0. The Morgan fingerprint density at radius 1 is 1.39 bits per heavy atom. The molecule has 0 amide bonds. The van der Waals surface area contributed by atoms with Crippen molar-refractivity contribution in [3.05, 3.63) is 35.9 Å². The molecule has 0 unspecified atom stereocenters. The van der Waals surface area contributed by atoms with Gasteiger partial charge in [0, 0.05) is 6.42 Å². The van der Waals surface area contributed by atoms with Gasteiger partial charge in [0.05, 0.1) is 18.8 Å². The molecule has 0 spiro atoms. The molecule has 18 heavy (non-hydrogen) atoms. The van der Waals surface area contributed by atoms with Gasteiger partial charge in [-0.15, -0.1) is 0 Å². The fourth-order valence-corrected chi connectivity index (χ4v) is 1.98. The lowest BCUT2D eigenvalue weighted by Gasteiger charge is -2.17. The van der Waals surface area contributed by atoms with Gasteiger partial charge in [-0.05, 0) is 17.5 Å². The highest BCUT2D eigenvalue weighted by Crippen LogP contribution is 2.22. The van der Waals surface area contributed by atoms with Crippen molar-refractivity contribution in [2.75, 3.05) is 7.11 Å². The molecule has 0 saturated carbocycles. The summed E-state index contributed by atoms with van der Waals surface area (Å²) in [5.41, 5.74) is 1.55. The van der Waals surface area contributed by atoms with Gasteiger partial charge in [0.15, 0.2) is 0 Å². The zero-order chi connectivity index (χ0) is 13.3. The number of nitrogens with zero attached hydrogens (tertiary/aromatic N) is 2. The van der Waals surface area contributed by atoms with Crippen LogP contribution in [0.25, 0.3) is 5.52 Å². The number of methoxy groups -OCH3 is 1.